The number of carbonyl (C=O) groups excluding carboxylic acids is 1. The average Bonchev–Trinajstić information content (AvgIpc) is 1.75. The standard InChI is InChI=1S/C10H18BrNO2/c1-7(11)8-5-12(6-8)9(13)14-10(2,3)4/h7-8H,5-6H2,1-4H3/t7-/m0/s1. The van der Waals surface area contributed by atoms with E-state index in [1.807, 2.05) is 20.8 Å². The molecule has 0 aliphatic carbocycles. The van der Waals surface area contributed by atoms with E-state index in [9.17, 15) is 4.79 Å². The van der Waals surface area contributed by atoms with E-state index in [1.54, 1.807) is 4.90 Å². The molecule has 0 spiro atoms. The lowest BCUT2D eigenvalue weighted by atomic mass is 9.98. The van der Waals surface area contributed by atoms with Crippen LogP contribution in [0.1, 0.15) is 27.7 Å². The molecule has 1 aliphatic rings. The zero-order valence-electron chi connectivity index (χ0n) is 9.21. The minimum absolute atomic E-state index is 0.193. The molecule has 0 bridgehead atoms. The SMILES string of the molecule is C[C@H](Br)C1CN(C(=O)OC(C)(C)C)C1. The Bertz CT molecular complexity index is 217. The molecule has 1 amide bonds. The van der Waals surface area contributed by atoms with Crippen molar-refractivity contribution in [2.24, 2.45) is 5.92 Å². The lowest BCUT2D eigenvalue weighted by Crippen LogP contribution is -2.53. The molecule has 0 aromatic rings. The summed E-state index contributed by atoms with van der Waals surface area (Å²) in [6.07, 6.45) is -0.193. The summed E-state index contributed by atoms with van der Waals surface area (Å²) < 4.78 is 5.24. The highest BCUT2D eigenvalue weighted by Gasteiger charge is 2.35. The Morgan fingerprint density at radius 2 is 2.00 bits per heavy atom. The normalized spacial score (nSPS) is 20.2. The van der Waals surface area contributed by atoms with Crippen LogP contribution in [0.2, 0.25) is 0 Å². The van der Waals surface area contributed by atoms with Gasteiger partial charge in [-0.25, -0.2) is 4.79 Å². The van der Waals surface area contributed by atoms with Gasteiger partial charge in [0.25, 0.3) is 0 Å². The molecule has 3 nitrogen and oxygen atoms in total. The van der Waals surface area contributed by atoms with Crippen LogP contribution in [-0.4, -0.2) is 34.5 Å². The number of hydrogen-bond acceptors (Lipinski definition) is 2. The third-order valence-corrected chi connectivity index (χ3v) is 2.96. The Kier molecular flexibility index (Phi) is 3.45. The third kappa shape index (κ3) is 3.15. The molecule has 1 rings (SSSR count). The fraction of sp³-hybridized carbons (Fsp3) is 0.900. The van der Waals surface area contributed by atoms with Crippen molar-refractivity contribution in [1.82, 2.24) is 4.90 Å². The molecule has 82 valence electrons. The third-order valence-electron chi connectivity index (χ3n) is 2.21. The first kappa shape index (κ1) is 11.8. The van der Waals surface area contributed by atoms with Crippen molar-refractivity contribution in [3.63, 3.8) is 0 Å². The monoisotopic (exact) mass is 263 g/mol. The number of ether oxygens (including phenoxy) is 1. The van der Waals surface area contributed by atoms with Gasteiger partial charge in [-0.3, -0.25) is 0 Å². The molecule has 0 N–H and O–H groups in total. The molecular weight excluding hydrogens is 246 g/mol. The van der Waals surface area contributed by atoms with Crippen LogP contribution in [0.5, 0.6) is 0 Å². The number of amides is 1. The van der Waals surface area contributed by atoms with E-state index in [4.69, 9.17) is 4.74 Å². The Labute approximate surface area is 93.9 Å². The molecule has 1 atom stereocenters. The first-order valence-electron chi connectivity index (χ1n) is 4.91. The van der Waals surface area contributed by atoms with E-state index in [1.165, 1.54) is 0 Å². The van der Waals surface area contributed by atoms with Crippen molar-refractivity contribution in [3.05, 3.63) is 0 Å². The maximum absolute atomic E-state index is 11.5. The fourth-order valence-electron chi connectivity index (χ4n) is 1.28. The summed E-state index contributed by atoms with van der Waals surface area (Å²) in [5.41, 5.74) is -0.387. The molecular formula is C10H18BrNO2. The maximum atomic E-state index is 11.5. The van der Waals surface area contributed by atoms with Crippen LogP contribution in [0.25, 0.3) is 0 Å². The molecule has 4 heteroatoms. The summed E-state index contributed by atoms with van der Waals surface area (Å²) in [7, 11) is 0. The predicted octanol–water partition coefficient (Wildman–Crippen LogP) is 2.64. The van der Waals surface area contributed by atoms with E-state index in [2.05, 4.69) is 22.9 Å². The van der Waals surface area contributed by atoms with Crippen molar-refractivity contribution in [1.29, 1.82) is 0 Å². The highest BCUT2D eigenvalue weighted by atomic mass is 79.9. The van der Waals surface area contributed by atoms with Gasteiger partial charge in [0.1, 0.15) is 5.60 Å². The van der Waals surface area contributed by atoms with E-state index in [0.717, 1.165) is 13.1 Å². The molecule has 0 radical (unpaired) electrons. The second kappa shape index (κ2) is 4.09. The van der Waals surface area contributed by atoms with E-state index < -0.39 is 0 Å². The lowest BCUT2D eigenvalue weighted by Gasteiger charge is -2.41. The van der Waals surface area contributed by atoms with Crippen LogP contribution in [-0.2, 0) is 4.74 Å². The quantitative estimate of drug-likeness (QED) is 0.681. The predicted molar refractivity (Wildman–Crippen MR) is 59.7 cm³/mol. The van der Waals surface area contributed by atoms with Gasteiger partial charge in [-0.2, -0.15) is 0 Å². The van der Waals surface area contributed by atoms with Crippen molar-refractivity contribution in [2.75, 3.05) is 13.1 Å². The number of rotatable bonds is 1. The highest BCUT2D eigenvalue weighted by molar-refractivity contribution is 9.09. The Balaban J connectivity index is 2.30. The number of halogens is 1. The molecule has 1 heterocycles. The van der Waals surface area contributed by atoms with Gasteiger partial charge in [-0.05, 0) is 20.8 Å². The molecule has 0 aromatic heterocycles. The van der Waals surface area contributed by atoms with Crippen LogP contribution >= 0.6 is 15.9 Å². The summed E-state index contributed by atoms with van der Waals surface area (Å²) >= 11 is 3.51. The number of likely N-dealkylation sites (tertiary alicyclic amines) is 1. The average molecular weight is 264 g/mol. The number of alkyl halides is 1. The van der Waals surface area contributed by atoms with E-state index >= 15 is 0 Å². The van der Waals surface area contributed by atoms with Crippen LogP contribution < -0.4 is 0 Å². The van der Waals surface area contributed by atoms with Crippen molar-refractivity contribution in [3.8, 4) is 0 Å². The minimum Gasteiger partial charge on any atom is -0.444 e. The highest BCUT2D eigenvalue weighted by Crippen LogP contribution is 2.25. The summed E-state index contributed by atoms with van der Waals surface area (Å²) in [6, 6.07) is 0. The first-order valence-corrected chi connectivity index (χ1v) is 5.83. The summed E-state index contributed by atoms with van der Waals surface area (Å²) in [6.45, 7) is 9.37. The Morgan fingerprint density at radius 3 is 2.36 bits per heavy atom. The Hall–Kier alpha value is -0.250. The van der Waals surface area contributed by atoms with E-state index in [0.29, 0.717) is 10.7 Å². The molecule has 1 aliphatic heterocycles. The van der Waals surface area contributed by atoms with Gasteiger partial charge < -0.3 is 9.64 Å². The van der Waals surface area contributed by atoms with Crippen LogP contribution in [0.4, 0.5) is 4.79 Å². The van der Waals surface area contributed by atoms with E-state index in [-0.39, 0.29) is 11.7 Å². The van der Waals surface area contributed by atoms with Gasteiger partial charge in [0.2, 0.25) is 0 Å². The van der Waals surface area contributed by atoms with Gasteiger partial charge in [-0.15, -0.1) is 0 Å². The van der Waals surface area contributed by atoms with Gasteiger partial charge in [0, 0.05) is 23.8 Å². The van der Waals surface area contributed by atoms with Crippen molar-refractivity contribution < 1.29 is 9.53 Å². The number of carbonyl (C=O) groups is 1. The number of hydrogen-bond donors (Lipinski definition) is 0. The Morgan fingerprint density at radius 1 is 1.50 bits per heavy atom. The minimum atomic E-state index is -0.387. The molecule has 1 fully saturated rings. The lowest BCUT2D eigenvalue weighted by molar-refractivity contribution is -0.000346. The van der Waals surface area contributed by atoms with Crippen LogP contribution in [0.3, 0.4) is 0 Å². The fourth-order valence-corrected chi connectivity index (χ4v) is 1.61. The molecule has 0 unspecified atom stereocenters. The smallest absolute Gasteiger partial charge is 0.410 e. The van der Waals surface area contributed by atoms with Crippen LogP contribution in [0, 0.1) is 5.92 Å². The first-order chi connectivity index (χ1) is 6.29. The van der Waals surface area contributed by atoms with Gasteiger partial charge in [-0.1, -0.05) is 22.9 Å². The zero-order chi connectivity index (χ0) is 10.9. The van der Waals surface area contributed by atoms with Gasteiger partial charge in [0.05, 0.1) is 0 Å². The van der Waals surface area contributed by atoms with Crippen molar-refractivity contribution >= 4 is 22.0 Å². The van der Waals surface area contributed by atoms with Gasteiger partial charge >= 0.3 is 6.09 Å². The molecule has 1 saturated heterocycles. The second-order valence-corrected chi connectivity index (χ2v) is 6.27. The molecule has 0 saturated carbocycles. The second-order valence-electron chi connectivity index (χ2n) is 4.82. The van der Waals surface area contributed by atoms with Crippen LogP contribution in [0.15, 0.2) is 0 Å². The van der Waals surface area contributed by atoms with Crippen molar-refractivity contribution in [2.45, 2.75) is 38.1 Å². The summed E-state index contributed by atoms with van der Waals surface area (Å²) in [5, 5.41) is 0. The molecule has 14 heavy (non-hydrogen) atoms. The maximum Gasteiger partial charge on any atom is 0.410 e. The molecule has 0 aromatic carbocycles. The number of nitrogens with zero attached hydrogens (tertiary/aromatic N) is 1. The largest absolute Gasteiger partial charge is 0.444 e. The zero-order valence-corrected chi connectivity index (χ0v) is 10.8. The summed E-state index contributed by atoms with van der Waals surface area (Å²) in [4.78, 5) is 13.7. The topological polar surface area (TPSA) is 29.5 Å². The van der Waals surface area contributed by atoms with Gasteiger partial charge in [0.15, 0.2) is 0 Å². The summed E-state index contributed by atoms with van der Waals surface area (Å²) in [5.74, 6) is 0.572.